The summed E-state index contributed by atoms with van der Waals surface area (Å²) in [4.78, 5) is 15.2. The van der Waals surface area contributed by atoms with Crippen LogP contribution in [0.1, 0.15) is 20.9 Å². The summed E-state index contributed by atoms with van der Waals surface area (Å²) >= 11 is 4.07. The molecule has 0 radical (unpaired) electrons. The average molecular weight is 366 g/mol. The van der Waals surface area contributed by atoms with Gasteiger partial charge < -0.3 is 5.11 Å². The quantitative estimate of drug-likeness (QED) is 0.819. The number of benzene rings is 1. The molecule has 0 saturated carbocycles. The van der Waals surface area contributed by atoms with Crippen LogP contribution in [0.5, 0.6) is 0 Å². The van der Waals surface area contributed by atoms with Gasteiger partial charge in [-0.2, -0.15) is 13.2 Å². The number of carboxylic acid groups (broad SMARTS) is 1. The van der Waals surface area contributed by atoms with Gasteiger partial charge in [-0.05, 0) is 12.1 Å². The normalized spacial score (nSPS) is 11.6. The molecule has 0 fully saturated rings. The van der Waals surface area contributed by atoms with E-state index in [1.165, 1.54) is 12.1 Å². The first-order valence-electron chi connectivity index (χ1n) is 5.29. The number of aromatic nitrogens is 1. The maximum atomic E-state index is 12.5. The Morgan fingerprint density at radius 2 is 1.90 bits per heavy atom. The van der Waals surface area contributed by atoms with Crippen molar-refractivity contribution in [2.45, 2.75) is 11.5 Å². The summed E-state index contributed by atoms with van der Waals surface area (Å²) < 4.78 is 37.4. The topological polar surface area (TPSA) is 50.2 Å². The van der Waals surface area contributed by atoms with E-state index in [1.807, 2.05) is 0 Å². The molecule has 0 atom stereocenters. The second-order valence-electron chi connectivity index (χ2n) is 3.81. The van der Waals surface area contributed by atoms with Crippen LogP contribution in [0.3, 0.4) is 0 Å². The molecule has 0 amide bonds. The Bertz CT molecular complexity index is 637. The number of hydrogen-bond acceptors (Lipinski definition) is 3. The van der Waals surface area contributed by atoms with E-state index in [4.69, 9.17) is 5.11 Å². The van der Waals surface area contributed by atoms with Gasteiger partial charge in [-0.1, -0.05) is 28.1 Å². The zero-order chi connectivity index (χ0) is 14.9. The summed E-state index contributed by atoms with van der Waals surface area (Å²) in [6, 6.07) is 4.46. The number of carboxylic acids is 1. The summed E-state index contributed by atoms with van der Waals surface area (Å²) in [5.41, 5.74) is 0.0621. The molecule has 1 aromatic carbocycles. The van der Waals surface area contributed by atoms with Crippen molar-refractivity contribution in [2.24, 2.45) is 0 Å². The summed E-state index contributed by atoms with van der Waals surface area (Å²) in [7, 11) is 0. The Morgan fingerprint density at radius 3 is 2.30 bits per heavy atom. The SMILES string of the molecule is O=C(O)c1sc(-c2ccc(C(F)(F)F)cc2)nc1CBr. The van der Waals surface area contributed by atoms with Crippen molar-refractivity contribution in [3.8, 4) is 10.6 Å². The Hall–Kier alpha value is -1.41. The van der Waals surface area contributed by atoms with Crippen molar-refractivity contribution in [1.82, 2.24) is 4.98 Å². The van der Waals surface area contributed by atoms with Crippen molar-refractivity contribution < 1.29 is 23.1 Å². The van der Waals surface area contributed by atoms with Gasteiger partial charge in [0, 0.05) is 10.9 Å². The summed E-state index contributed by atoms with van der Waals surface area (Å²) in [5, 5.41) is 9.66. The van der Waals surface area contributed by atoms with Crippen LogP contribution in [0.15, 0.2) is 24.3 Å². The lowest BCUT2D eigenvalue weighted by atomic mass is 10.1. The van der Waals surface area contributed by atoms with E-state index >= 15 is 0 Å². The second kappa shape index (κ2) is 5.53. The summed E-state index contributed by atoms with van der Waals surface area (Å²) in [6.07, 6.45) is -4.39. The van der Waals surface area contributed by atoms with Crippen molar-refractivity contribution in [1.29, 1.82) is 0 Å². The molecule has 106 valence electrons. The Kier molecular flexibility index (Phi) is 4.14. The molecule has 3 nitrogen and oxygen atoms in total. The Balaban J connectivity index is 2.39. The average Bonchev–Trinajstić information content (AvgIpc) is 2.82. The second-order valence-corrected chi connectivity index (χ2v) is 5.37. The minimum atomic E-state index is -4.39. The fourth-order valence-electron chi connectivity index (χ4n) is 1.53. The molecule has 0 unspecified atom stereocenters. The van der Waals surface area contributed by atoms with Crippen molar-refractivity contribution in [3.63, 3.8) is 0 Å². The molecule has 8 heteroatoms. The van der Waals surface area contributed by atoms with Crippen molar-refractivity contribution >= 4 is 33.2 Å². The number of nitrogens with zero attached hydrogens (tertiary/aromatic N) is 1. The van der Waals surface area contributed by atoms with Crippen LogP contribution in [0.25, 0.3) is 10.6 Å². The van der Waals surface area contributed by atoms with Crippen LogP contribution >= 0.6 is 27.3 Å². The smallest absolute Gasteiger partial charge is 0.416 e. The summed E-state index contributed by atoms with van der Waals surface area (Å²) in [5.74, 6) is -1.10. The van der Waals surface area contributed by atoms with Gasteiger partial charge in [-0.25, -0.2) is 9.78 Å². The Morgan fingerprint density at radius 1 is 1.30 bits per heavy atom. The first-order valence-corrected chi connectivity index (χ1v) is 7.23. The number of thiazole rings is 1. The maximum absolute atomic E-state index is 12.5. The van der Waals surface area contributed by atoms with Crippen LogP contribution < -0.4 is 0 Å². The highest BCUT2D eigenvalue weighted by atomic mass is 79.9. The van der Waals surface area contributed by atoms with E-state index in [0.29, 0.717) is 16.3 Å². The van der Waals surface area contributed by atoms with Crippen molar-refractivity contribution in [2.75, 3.05) is 0 Å². The molecular formula is C12H7BrF3NO2S. The minimum Gasteiger partial charge on any atom is -0.477 e. The fraction of sp³-hybridized carbons (Fsp3) is 0.167. The lowest BCUT2D eigenvalue weighted by Crippen LogP contribution is -2.03. The van der Waals surface area contributed by atoms with Gasteiger partial charge in [-0.3, -0.25) is 0 Å². The maximum Gasteiger partial charge on any atom is 0.416 e. The lowest BCUT2D eigenvalue weighted by molar-refractivity contribution is -0.137. The third kappa shape index (κ3) is 3.01. The number of rotatable bonds is 3. The standard InChI is InChI=1S/C12H7BrF3NO2S/c13-5-8-9(11(18)19)20-10(17-8)6-1-3-7(4-2-6)12(14,15)16/h1-4H,5H2,(H,18,19). The predicted molar refractivity (Wildman–Crippen MR) is 72.1 cm³/mol. The molecule has 0 saturated heterocycles. The fourth-order valence-corrected chi connectivity index (χ4v) is 3.05. The Labute approximate surface area is 124 Å². The molecule has 1 heterocycles. The number of halogens is 4. The van der Waals surface area contributed by atoms with Gasteiger partial charge in [0.25, 0.3) is 0 Å². The largest absolute Gasteiger partial charge is 0.477 e. The highest BCUT2D eigenvalue weighted by Gasteiger charge is 2.30. The van der Waals surface area contributed by atoms with Crippen LogP contribution in [-0.2, 0) is 11.5 Å². The molecular weight excluding hydrogens is 359 g/mol. The molecule has 0 aliphatic carbocycles. The minimum absolute atomic E-state index is 0.0803. The van der Waals surface area contributed by atoms with Gasteiger partial charge in [0.05, 0.1) is 11.3 Å². The highest BCUT2D eigenvalue weighted by molar-refractivity contribution is 9.08. The van der Waals surface area contributed by atoms with Crippen LogP contribution in [-0.4, -0.2) is 16.1 Å². The van der Waals surface area contributed by atoms with E-state index in [9.17, 15) is 18.0 Å². The molecule has 0 bridgehead atoms. The molecule has 20 heavy (non-hydrogen) atoms. The lowest BCUT2D eigenvalue weighted by Gasteiger charge is -2.06. The number of hydrogen-bond donors (Lipinski definition) is 1. The van der Waals surface area contributed by atoms with Gasteiger partial charge in [-0.15, -0.1) is 11.3 Å². The zero-order valence-corrected chi connectivity index (χ0v) is 12.1. The first-order chi connectivity index (χ1) is 9.32. The molecule has 0 spiro atoms. The molecule has 2 rings (SSSR count). The monoisotopic (exact) mass is 365 g/mol. The van der Waals surface area contributed by atoms with E-state index in [1.54, 1.807) is 0 Å². The van der Waals surface area contributed by atoms with E-state index in [0.717, 1.165) is 23.5 Å². The number of aromatic carboxylic acids is 1. The predicted octanol–water partition coefficient (Wildman–Crippen LogP) is 4.42. The van der Waals surface area contributed by atoms with E-state index in [2.05, 4.69) is 20.9 Å². The molecule has 0 aliphatic heterocycles. The molecule has 1 aromatic heterocycles. The van der Waals surface area contributed by atoms with Crippen LogP contribution in [0.2, 0.25) is 0 Å². The van der Waals surface area contributed by atoms with Gasteiger partial charge in [0.2, 0.25) is 0 Å². The summed E-state index contributed by atoms with van der Waals surface area (Å²) in [6.45, 7) is 0. The number of alkyl halides is 4. The molecule has 0 aliphatic rings. The van der Waals surface area contributed by atoms with Crippen molar-refractivity contribution in [3.05, 3.63) is 40.4 Å². The highest BCUT2D eigenvalue weighted by Crippen LogP contribution is 2.33. The number of carbonyl (C=O) groups is 1. The van der Waals surface area contributed by atoms with Gasteiger partial charge >= 0.3 is 12.1 Å². The van der Waals surface area contributed by atoms with E-state index in [-0.39, 0.29) is 10.2 Å². The van der Waals surface area contributed by atoms with Gasteiger partial charge in [0.1, 0.15) is 9.88 Å². The third-order valence-electron chi connectivity index (χ3n) is 2.48. The van der Waals surface area contributed by atoms with Gasteiger partial charge in [0.15, 0.2) is 0 Å². The first kappa shape index (κ1) is 15.0. The van der Waals surface area contributed by atoms with Crippen LogP contribution in [0.4, 0.5) is 13.2 Å². The molecule has 1 N–H and O–H groups in total. The molecule has 2 aromatic rings. The van der Waals surface area contributed by atoms with E-state index < -0.39 is 17.7 Å². The van der Waals surface area contributed by atoms with Crippen LogP contribution in [0, 0.1) is 0 Å². The zero-order valence-electron chi connectivity index (χ0n) is 9.74. The third-order valence-corrected chi connectivity index (χ3v) is 4.14.